The number of thioether (sulfide) groups is 1. The number of hydrogen-bond acceptors (Lipinski definition) is 3. The normalized spacial score (nSPS) is 20.9. The summed E-state index contributed by atoms with van der Waals surface area (Å²) in [5, 5.41) is 8.84. The second-order valence-electron chi connectivity index (χ2n) is 5.05. The summed E-state index contributed by atoms with van der Waals surface area (Å²) < 4.78 is 0. The molecule has 0 heterocycles. The molecule has 0 radical (unpaired) electrons. The van der Waals surface area contributed by atoms with Gasteiger partial charge in [-0.25, -0.2) is 0 Å². The van der Waals surface area contributed by atoms with Gasteiger partial charge in [-0.05, 0) is 50.0 Å². The fourth-order valence-electron chi connectivity index (χ4n) is 2.08. The molecule has 0 aliphatic heterocycles. The van der Waals surface area contributed by atoms with E-state index in [2.05, 4.69) is 0 Å². The molecule has 94 valence electrons. The van der Waals surface area contributed by atoms with Crippen molar-refractivity contribution < 1.29 is 9.90 Å². The predicted octanol–water partition coefficient (Wildman–Crippen LogP) is 2.49. The van der Waals surface area contributed by atoms with E-state index in [1.54, 1.807) is 6.92 Å². The lowest BCUT2D eigenvalue weighted by molar-refractivity contribution is -0.142. The van der Waals surface area contributed by atoms with Gasteiger partial charge in [0.2, 0.25) is 0 Å². The Morgan fingerprint density at radius 2 is 2.12 bits per heavy atom. The van der Waals surface area contributed by atoms with Gasteiger partial charge >= 0.3 is 5.97 Å². The summed E-state index contributed by atoms with van der Waals surface area (Å²) in [5.41, 5.74) is 4.61. The fraction of sp³-hybridized carbons (Fsp3) is 0.917. The lowest BCUT2D eigenvalue weighted by Gasteiger charge is -2.18. The SMILES string of the molecule is CC(N)(CCCSCC1CCCC1)C(=O)O. The summed E-state index contributed by atoms with van der Waals surface area (Å²) in [4.78, 5) is 10.8. The van der Waals surface area contributed by atoms with Crippen LogP contribution in [0.4, 0.5) is 0 Å². The van der Waals surface area contributed by atoms with Crippen LogP contribution in [0.25, 0.3) is 0 Å². The fourth-order valence-corrected chi connectivity index (χ4v) is 3.26. The van der Waals surface area contributed by atoms with Crippen LogP contribution in [0, 0.1) is 5.92 Å². The van der Waals surface area contributed by atoms with E-state index in [-0.39, 0.29) is 0 Å². The summed E-state index contributed by atoms with van der Waals surface area (Å²) >= 11 is 1.95. The first-order chi connectivity index (χ1) is 7.52. The number of aliphatic carboxylic acids is 1. The van der Waals surface area contributed by atoms with Gasteiger partial charge in [0.15, 0.2) is 0 Å². The van der Waals surface area contributed by atoms with Crippen LogP contribution in [0.2, 0.25) is 0 Å². The lowest BCUT2D eigenvalue weighted by Crippen LogP contribution is -2.44. The van der Waals surface area contributed by atoms with E-state index in [0.717, 1.165) is 18.1 Å². The minimum Gasteiger partial charge on any atom is -0.480 e. The molecule has 0 aromatic heterocycles. The number of hydrogen-bond donors (Lipinski definition) is 2. The van der Waals surface area contributed by atoms with Gasteiger partial charge in [0, 0.05) is 0 Å². The average molecular weight is 245 g/mol. The Bertz CT molecular complexity index is 225. The summed E-state index contributed by atoms with van der Waals surface area (Å²) in [5.74, 6) is 2.30. The van der Waals surface area contributed by atoms with Crippen LogP contribution in [0.1, 0.15) is 45.4 Å². The largest absolute Gasteiger partial charge is 0.480 e. The summed E-state index contributed by atoms with van der Waals surface area (Å²) in [6.07, 6.45) is 7.03. The van der Waals surface area contributed by atoms with Crippen molar-refractivity contribution >= 4 is 17.7 Å². The maximum atomic E-state index is 10.8. The molecule has 0 saturated heterocycles. The molecule has 16 heavy (non-hydrogen) atoms. The number of nitrogens with two attached hydrogens (primary N) is 1. The third kappa shape index (κ3) is 4.74. The van der Waals surface area contributed by atoms with Crippen LogP contribution in [0.15, 0.2) is 0 Å². The Morgan fingerprint density at radius 3 is 2.69 bits per heavy atom. The van der Waals surface area contributed by atoms with Crippen molar-refractivity contribution in [2.45, 2.75) is 51.0 Å². The molecule has 0 aromatic rings. The Labute approximate surface area is 102 Å². The first-order valence-electron chi connectivity index (χ1n) is 6.12. The third-order valence-corrected chi connectivity index (χ3v) is 4.59. The van der Waals surface area contributed by atoms with E-state index in [0.29, 0.717) is 6.42 Å². The number of rotatable bonds is 7. The zero-order valence-corrected chi connectivity index (χ0v) is 10.9. The van der Waals surface area contributed by atoms with Crippen LogP contribution in [0.3, 0.4) is 0 Å². The molecule has 3 nitrogen and oxygen atoms in total. The van der Waals surface area contributed by atoms with E-state index in [1.165, 1.54) is 31.4 Å². The highest BCUT2D eigenvalue weighted by Crippen LogP contribution is 2.28. The third-order valence-electron chi connectivity index (χ3n) is 3.30. The molecule has 0 bridgehead atoms. The van der Waals surface area contributed by atoms with Crippen LogP contribution >= 0.6 is 11.8 Å². The van der Waals surface area contributed by atoms with Crippen molar-refractivity contribution in [2.24, 2.45) is 11.7 Å². The maximum Gasteiger partial charge on any atom is 0.323 e. The van der Waals surface area contributed by atoms with Crippen molar-refractivity contribution in [1.82, 2.24) is 0 Å². The molecular formula is C12H23NO2S. The van der Waals surface area contributed by atoms with E-state index in [1.807, 2.05) is 11.8 Å². The molecule has 3 N–H and O–H groups in total. The highest BCUT2D eigenvalue weighted by atomic mass is 32.2. The second kappa shape index (κ2) is 6.50. The maximum absolute atomic E-state index is 10.8. The molecule has 1 unspecified atom stereocenters. The van der Waals surface area contributed by atoms with Crippen molar-refractivity contribution in [2.75, 3.05) is 11.5 Å². The van der Waals surface area contributed by atoms with Crippen LogP contribution in [-0.4, -0.2) is 28.1 Å². The van der Waals surface area contributed by atoms with E-state index in [4.69, 9.17) is 10.8 Å². The van der Waals surface area contributed by atoms with Gasteiger partial charge in [0.05, 0.1) is 0 Å². The molecule has 1 fully saturated rings. The number of carboxylic acid groups (broad SMARTS) is 1. The van der Waals surface area contributed by atoms with E-state index < -0.39 is 11.5 Å². The van der Waals surface area contributed by atoms with Crippen molar-refractivity contribution in [3.05, 3.63) is 0 Å². The molecule has 0 amide bonds. The molecule has 0 spiro atoms. The Hall–Kier alpha value is -0.220. The summed E-state index contributed by atoms with van der Waals surface area (Å²) in [7, 11) is 0. The summed E-state index contributed by atoms with van der Waals surface area (Å²) in [6.45, 7) is 1.59. The molecule has 1 rings (SSSR count). The van der Waals surface area contributed by atoms with Gasteiger partial charge in [-0.3, -0.25) is 4.79 Å². The number of carbonyl (C=O) groups is 1. The molecule has 1 atom stereocenters. The molecule has 0 aromatic carbocycles. The predicted molar refractivity (Wildman–Crippen MR) is 68.7 cm³/mol. The highest BCUT2D eigenvalue weighted by Gasteiger charge is 2.26. The zero-order chi connectivity index (χ0) is 12.0. The van der Waals surface area contributed by atoms with Crippen LogP contribution < -0.4 is 5.73 Å². The smallest absolute Gasteiger partial charge is 0.323 e. The molecule has 1 aliphatic carbocycles. The van der Waals surface area contributed by atoms with E-state index in [9.17, 15) is 4.79 Å². The minimum atomic E-state index is -1.05. The van der Waals surface area contributed by atoms with Crippen molar-refractivity contribution in [3.63, 3.8) is 0 Å². The van der Waals surface area contributed by atoms with Crippen molar-refractivity contribution in [3.8, 4) is 0 Å². The van der Waals surface area contributed by atoms with Crippen LogP contribution in [-0.2, 0) is 4.79 Å². The highest BCUT2D eigenvalue weighted by molar-refractivity contribution is 7.99. The first kappa shape index (κ1) is 13.8. The minimum absolute atomic E-state index is 0.569. The quantitative estimate of drug-likeness (QED) is 0.676. The average Bonchev–Trinajstić information content (AvgIpc) is 2.69. The molecule has 4 heteroatoms. The molecule has 1 aliphatic rings. The molecule has 1 saturated carbocycles. The van der Waals surface area contributed by atoms with Crippen LogP contribution in [0.5, 0.6) is 0 Å². The van der Waals surface area contributed by atoms with Gasteiger partial charge in [0.1, 0.15) is 5.54 Å². The Kier molecular flexibility index (Phi) is 5.62. The second-order valence-corrected chi connectivity index (χ2v) is 6.20. The van der Waals surface area contributed by atoms with Crippen molar-refractivity contribution in [1.29, 1.82) is 0 Å². The Balaban J connectivity index is 2.01. The topological polar surface area (TPSA) is 63.3 Å². The Morgan fingerprint density at radius 1 is 1.50 bits per heavy atom. The van der Waals surface area contributed by atoms with Gasteiger partial charge in [-0.2, -0.15) is 11.8 Å². The van der Waals surface area contributed by atoms with Gasteiger partial charge in [-0.1, -0.05) is 12.8 Å². The summed E-state index contributed by atoms with van der Waals surface area (Å²) in [6, 6.07) is 0. The van der Waals surface area contributed by atoms with Gasteiger partial charge in [-0.15, -0.1) is 0 Å². The van der Waals surface area contributed by atoms with Gasteiger partial charge in [0.25, 0.3) is 0 Å². The first-order valence-corrected chi connectivity index (χ1v) is 7.28. The standard InChI is InChI=1S/C12H23NO2S/c1-12(13,11(14)15)7-4-8-16-9-10-5-2-3-6-10/h10H,2-9,13H2,1H3,(H,14,15). The molecular weight excluding hydrogens is 222 g/mol. The van der Waals surface area contributed by atoms with Gasteiger partial charge < -0.3 is 10.8 Å². The monoisotopic (exact) mass is 245 g/mol. The number of carboxylic acids is 1. The zero-order valence-electron chi connectivity index (χ0n) is 10.1. The van der Waals surface area contributed by atoms with E-state index >= 15 is 0 Å². The lowest BCUT2D eigenvalue weighted by atomic mass is 9.98.